The summed E-state index contributed by atoms with van der Waals surface area (Å²) < 4.78 is 34.3. The number of amides is 3. The van der Waals surface area contributed by atoms with Crippen LogP contribution in [0.4, 0.5) is 20.3 Å². The van der Waals surface area contributed by atoms with E-state index < -0.39 is 18.4 Å². The summed E-state index contributed by atoms with van der Waals surface area (Å²) in [5, 5.41) is 3.56. The summed E-state index contributed by atoms with van der Waals surface area (Å²) in [4.78, 5) is 57.2. The zero-order valence-corrected chi connectivity index (χ0v) is 34.0. The molecule has 6 aliphatic heterocycles. The van der Waals surface area contributed by atoms with E-state index in [9.17, 15) is 23.2 Å². The standard InChI is InChI=1S/C46H52F2N8O4/c1-27-18-33-31-4-2-3-5-35(31)50-41(33)42(55(27)25-38(47)48)29-6-10-39(49-21-29)53-14-12-46(13-15-53)19-28(20-46)22-52-16-17-54-30(23-52)26-60-43-34-24-56(37-9-11-40(57)51-44(37)58)45(59)32(34)7-8-36(43)54/h2-8,10,21,27-28,30,37-38,42,50H,9,11-20,22-26H2,1H3,(H,51,57,58)/t27-,30-,37?,42-/m1/s1. The quantitative estimate of drug-likeness (QED) is 0.233. The summed E-state index contributed by atoms with van der Waals surface area (Å²) in [6.07, 6.45) is 5.62. The number of rotatable bonds is 7. The van der Waals surface area contributed by atoms with E-state index >= 15 is 0 Å². The van der Waals surface area contributed by atoms with Gasteiger partial charge in [-0.05, 0) is 92.2 Å². The highest BCUT2D eigenvalue weighted by Gasteiger charge is 2.48. The Bertz CT molecular complexity index is 2350. The fourth-order valence-electron chi connectivity index (χ4n) is 12.0. The highest BCUT2D eigenvalue weighted by Crippen LogP contribution is 2.53. The van der Waals surface area contributed by atoms with E-state index in [1.807, 2.05) is 35.4 Å². The van der Waals surface area contributed by atoms with Gasteiger partial charge in [0.05, 0.1) is 30.9 Å². The maximum atomic E-state index is 13.9. The average Bonchev–Trinajstić information content (AvgIpc) is 3.77. The van der Waals surface area contributed by atoms with Crippen molar-refractivity contribution in [2.45, 2.75) is 89.0 Å². The monoisotopic (exact) mass is 818 g/mol. The van der Waals surface area contributed by atoms with Gasteiger partial charge in [0.2, 0.25) is 11.8 Å². The molecule has 4 atom stereocenters. The average molecular weight is 819 g/mol. The molecule has 3 amide bonds. The predicted molar refractivity (Wildman–Crippen MR) is 222 cm³/mol. The van der Waals surface area contributed by atoms with Crippen LogP contribution in [-0.4, -0.2) is 119 Å². The lowest BCUT2D eigenvalue weighted by Gasteiger charge is -2.54. The fourth-order valence-corrected chi connectivity index (χ4v) is 12.0. The molecule has 7 aliphatic rings. The van der Waals surface area contributed by atoms with Crippen LogP contribution in [0, 0.1) is 11.3 Å². The predicted octanol–water partition coefficient (Wildman–Crippen LogP) is 5.50. The first kappa shape index (κ1) is 37.9. The lowest BCUT2D eigenvalue weighted by molar-refractivity contribution is -0.136. The highest BCUT2D eigenvalue weighted by atomic mass is 19.3. The van der Waals surface area contributed by atoms with E-state index in [-0.39, 0.29) is 42.9 Å². The molecule has 60 heavy (non-hydrogen) atoms. The molecule has 11 rings (SSSR count). The summed E-state index contributed by atoms with van der Waals surface area (Å²) in [7, 11) is 0. The molecule has 314 valence electrons. The van der Waals surface area contributed by atoms with E-state index in [1.54, 1.807) is 4.90 Å². The molecule has 4 fully saturated rings. The third kappa shape index (κ3) is 6.35. The van der Waals surface area contributed by atoms with Gasteiger partial charge >= 0.3 is 0 Å². The third-order valence-electron chi connectivity index (χ3n) is 15.0. The summed E-state index contributed by atoms with van der Waals surface area (Å²) in [6, 6.07) is 15.6. The second kappa shape index (κ2) is 14.5. The van der Waals surface area contributed by atoms with Gasteiger partial charge < -0.3 is 24.4 Å². The summed E-state index contributed by atoms with van der Waals surface area (Å²) in [5.41, 5.74) is 7.08. The molecule has 1 aliphatic carbocycles. The number of anilines is 2. The van der Waals surface area contributed by atoms with E-state index in [4.69, 9.17) is 9.72 Å². The zero-order valence-electron chi connectivity index (χ0n) is 34.0. The number of hydrogen-bond donors (Lipinski definition) is 2. The number of halogens is 2. The molecular weight excluding hydrogens is 767 g/mol. The molecule has 0 bridgehead atoms. The molecule has 2 N–H and O–H groups in total. The number of aromatic nitrogens is 2. The number of fused-ring (bicyclic) bond motifs is 8. The van der Waals surface area contributed by atoms with Crippen molar-refractivity contribution in [3.63, 3.8) is 0 Å². The molecule has 3 saturated heterocycles. The minimum atomic E-state index is -2.42. The first-order chi connectivity index (χ1) is 29.1. The molecule has 2 aromatic heterocycles. The van der Waals surface area contributed by atoms with Gasteiger partial charge in [-0.1, -0.05) is 24.3 Å². The van der Waals surface area contributed by atoms with Gasteiger partial charge in [0.1, 0.15) is 24.2 Å². The van der Waals surface area contributed by atoms with Crippen LogP contribution >= 0.6 is 0 Å². The second-order valence-corrected chi connectivity index (χ2v) is 18.6. The van der Waals surface area contributed by atoms with E-state index in [1.165, 1.54) is 23.8 Å². The van der Waals surface area contributed by atoms with Crippen molar-refractivity contribution in [2.24, 2.45) is 11.3 Å². The van der Waals surface area contributed by atoms with Gasteiger partial charge in [0, 0.05) is 85.7 Å². The number of carbonyl (C=O) groups is 3. The molecule has 1 unspecified atom stereocenters. The number of alkyl halides is 2. The first-order valence-electron chi connectivity index (χ1n) is 21.9. The number of benzene rings is 2. The zero-order chi connectivity index (χ0) is 40.9. The number of para-hydroxylation sites is 1. The molecule has 8 heterocycles. The number of piperidine rings is 2. The number of piperazine rings is 1. The van der Waals surface area contributed by atoms with E-state index in [0.717, 1.165) is 98.1 Å². The van der Waals surface area contributed by atoms with Gasteiger partial charge in [0.15, 0.2) is 0 Å². The van der Waals surface area contributed by atoms with Crippen molar-refractivity contribution in [1.29, 1.82) is 0 Å². The largest absolute Gasteiger partial charge is 0.489 e. The number of hydrogen-bond acceptors (Lipinski definition) is 9. The van der Waals surface area contributed by atoms with Crippen molar-refractivity contribution in [3.05, 3.63) is 82.7 Å². The van der Waals surface area contributed by atoms with Crippen molar-refractivity contribution >= 4 is 40.1 Å². The number of pyridine rings is 1. The molecule has 0 radical (unpaired) electrons. The van der Waals surface area contributed by atoms with Crippen LogP contribution in [0.5, 0.6) is 5.75 Å². The van der Waals surface area contributed by atoms with Crippen LogP contribution in [0.15, 0.2) is 54.7 Å². The topological polar surface area (TPSA) is 117 Å². The van der Waals surface area contributed by atoms with Crippen LogP contribution in [0.1, 0.15) is 84.2 Å². The Kier molecular flexibility index (Phi) is 9.18. The van der Waals surface area contributed by atoms with Crippen molar-refractivity contribution < 1.29 is 27.9 Å². The Morgan fingerprint density at radius 3 is 2.58 bits per heavy atom. The summed E-state index contributed by atoms with van der Waals surface area (Å²) >= 11 is 0. The Hall–Kier alpha value is -5.08. The van der Waals surface area contributed by atoms with Gasteiger partial charge in [-0.15, -0.1) is 0 Å². The molecule has 2 aromatic carbocycles. The van der Waals surface area contributed by atoms with Crippen LogP contribution < -0.4 is 19.9 Å². The van der Waals surface area contributed by atoms with Crippen molar-refractivity contribution in [3.8, 4) is 5.75 Å². The van der Waals surface area contributed by atoms with Crippen molar-refractivity contribution in [2.75, 3.05) is 62.2 Å². The Balaban J connectivity index is 0.691. The maximum Gasteiger partial charge on any atom is 0.255 e. The number of H-pyrrole nitrogens is 1. The van der Waals surface area contributed by atoms with Gasteiger partial charge in [-0.25, -0.2) is 13.8 Å². The summed E-state index contributed by atoms with van der Waals surface area (Å²) in [6.45, 7) is 8.52. The first-order valence-corrected chi connectivity index (χ1v) is 21.9. The smallest absolute Gasteiger partial charge is 0.255 e. The van der Waals surface area contributed by atoms with Crippen molar-refractivity contribution in [1.82, 2.24) is 30.0 Å². The van der Waals surface area contributed by atoms with Gasteiger partial charge in [-0.2, -0.15) is 0 Å². The molecular formula is C46H52F2N8O4. The molecule has 12 nitrogen and oxygen atoms in total. The van der Waals surface area contributed by atoms with Gasteiger partial charge in [-0.3, -0.25) is 29.5 Å². The minimum absolute atomic E-state index is 0.0264. The second-order valence-electron chi connectivity index (χ2n) is 18.6. The number of nitrogens with one attached hydrogen (secondary N) is 2. The number of nitrogens with zero attached hydrogens (tertiary/aromatic N) is 6. The van der Waals surface area contributed by atoms with Crippen LogP contribution in [0.25, 0.3) is 10.9 Å². The van der Waals surface area contributed by atoms with Crippen LogP contribution in [0.2, 0.25) is 0 Å². The maximum absolute atomic E-state index is 13.9. The molecule has 1 spiro atoms. The number of imide groups is 1. The number of carbonyl (C=O) groups excluding carboxylic acids is 3. The Labute approximate surface area is 348 Å². The lowest BCUT2D eigenvalue weighted by atomic mass is 9.57. The lowest BCUT2D eigenvalue weighted by Crippen LogP contribution is -2.59. The van der Waals surface area contributed by atoms with Crippen LogP contribution in [-0.2, 0) is 22.6 Å². The molecule has 14 heteroatoms. The molecule has 4 aromatic rings. The minimum Gasteiger partial charge on any atom is -0.489 e. The SMILES string of the molecule is C[C@@H]1Cc2c([nH]c3ccccc23)[C@@H](c2ccc(N3CCC4(CC3)CC(CN3CCN5c6ccc7c(c6OC[C@H]5C3)CN(C3CCC(=O)NC3=O)C7=O)C4)nc2)N1CC(F)F. The molecule has 1 saturated carbocycles. The summed E-state index contributed by atoms with van der Waals surface area (Å²) in [5.74, 6) is 1.54. The van der Waals surface area contributed by atoms with E-state index in [0.29, 0.717) is 36.5 Å². The Morgan fingerprint density at radius 2 is 1.80 bits per heavy atom. The normalized spacial score (nSPS) is 26.8. The third-order valence-corrected chi connectivity index (χ3v) is 15.0. The van der Waals surface area contributed by atoms with Gasteiger partial charge in [0.25, 0.3) is 12.3 Å². The number of ether oxygens (including phenoxy) is 1. The fraction of sp³-hybridized carbons (Fsp3) is 0.522. The highest BCUT2D eigenvalue weighted by molar-refractivity contribution is 6.06. The number of aromatic amines is 1. The van der Waals surface area contributed by atoms with E-state index in [2.05, 4.69) is 56.2 Å². The Morgan fingerprint density at radius 1 is 0.967 bits per heavy atom. The van der Waals surface area contributed by atoms with Crippen LogP contribution in [0.3, 0.4) is 0 Å².